The van der Waals surface area contributed by atoms with Crippen LogP contribution in [0.4, 0.5) is 5.69 Å². The number of halogens is 2. The Labute approximate surface area is 180 Å². The van der Waals surface area contributed by atoms with Crippen molar-refractivity contribution >= 4 is 51.6 Å². The summed E-state index contributed by atoms with van der Waals surface area (Å²) in [6.07, 6.45) is 0.895. The number of hydrogen-bond acceptors (Lipinski definition) is 3. The lowest BCUT2D eigenvalue weighted by molar-refractivity contribution is 0.242. The van der Waals surface area contributed by atoms with Crippen molar-refractivity contribution in [1.82, 2.24) is 0 Å². The maximum Gasteiger partial charge on any atom is 0.193 e. The number of benzene rings is 2. The SMILES string of the molecule is COc1c(Br)cccc1CCN=C(N)Nc1ccc(OC(C)C)cc1.I. The summed E-state index contributed by atoms with van der Waals surface area (Å²) >= 11 is 3.48. The normalized spacial score (nSPS) is 11.0. The van der Waals surface area contributed by atoms with E-state index < -0.39 is 0 Å². The molecule has 0 heterocycles. The minimum atomic E-state index is 0. The fraction of sp³-hybridized carbons (Fsp3) is 0.316. The highest BCUT2D eigenvalue weighted by Crippen LogP contribution is 2.28. The van der Waals surface area contributed by atoms with Crippen LogP contribution in [0, 0.1) is 0 Å². The highest BCUT2D eigenvalue weighted by molar-refractivity contribution is 14.0. The third-order valence-corrected chi connectivity index (χ3v) is 4.04. The first-order chi connectivity index (χ1) is 12.0. The number of nitrogens with zero attached hydrogens (tertiary/aromatic N) is 1. The Bertz CT molecular complexity index is 721. The molecule has 2 aromatic rings. The standard InChI is InChI=1S/C19H24BrN3O2.HI/c1-13(2)25-16-9-7-15(8-10-16)23-19(21)22-12-11-14-5-4-6-17(20)18(14)24-3;/h4-10,13H,11-12H2,1-3H3,(H3,21,22,23);1H. The number of anilines is 1. The Balaban J connectivity index is 0.00000338. The van der Waals surface area contributed by atoms with Crippen molar-refractivity contribution in [1.29, 1.82) is 0 Å². The van der Waals surface area contributed by atoms with E-state index in [4.69, 9.17) is 15.2 Å². The Morgan fingerprint density at radius 2 is 1.88 bits per heavy atom. The van der Waals surface area contributed by atoms with Crippen LogP contribution >= 0.6 is 39.9 Å². The van der Waals surface area contributed by atoms with Crippen LogP contribution in [0.5, 0.6) is 11.5 Å². The lowest BCUT2D eigenvalue weighted by Crippen LogP contribution is -2.23. The zero-order valence-electron chi connectivity index (χ0n) is 15.2. The summed E-state index contributed by atoms with van der Waals surface area (Å²) < 4.78 is 12.0. The Morgan fingerprint density at radius 3 is 2.50 bits per heavy atom. The van der Waals surface area contributed by atoms with Crippen molar-refractivity contribution in [2.75, 3.05) is 19.0 Å². The van der Waals surface area contributed by atoms with Gasteiger partial charge in [-0.1, -0.05) is 12.1 Å². The van der Waals surface area contributed by atoms with E-state index in [2.05, 4.69) is 26.2 Å². The number of ether oxygens (including phenoxy) is 2. The first kappa shape index (κ1) is 22.6. The van der Waals surface area contributed by atoms with Gasteiger partial charge in [0.2, 0.25) is 0 Å². The van der Waals surface area contributed by atoms with Crippen LogP contribution in [0.15, 0.2) is 51.9 Å². The minimum absolute atomic E-state index is 0. The zero-order chi connectivity index (χ0) is 18.2. The number of nitrogens with two attached hydrogens (primary N) is 1. The van der Waals surface area contributed by atoms with Gasteiger partial charge in [0.25, 0.3) is 0 Å². The van der Waals surface area contributed by atoms with E-state index in [0.29, 0.717) is 12.5 Å². The maximum absolute atomic E-state index is 5.96. The van der Waals surface area contributed by atoms with E-state index in [9.17, 15) is 0 Å². The molecule has 26 heavy (non-hydrogen) atoms. The number of aliphatic imine (C=N–C) groups is 1. The molecule has 0 aliphatic heterocycles. The molecule has 142 valence electrons. The molecule has 5 nitrogen and oxygen atoms in total. The second-order valence-electron chi connectivity index (χ2n) is 5.77. The molecule has 0 spiro atoms. The number of para-hydroxylation sites is 1. The number of methoxy groups -OCH3 is 1. The first-order valence-electron chi connectivity index (χ1n) is 8.14. The van der Waals surface area contributed by atoms with Crippen molar-refractivity contribution in [2.45, 2.75) is 26.4 Å². The lowest BCUT2D eigenvalue weighted by atomic mass is 10.1. The smallest absolute Gasteiger partial charge is 0.193 e. The monoisotopic (exact) mass is 533 g/mol. The fourth-order valence-corrected chi connectivity index (χ4v) is 2.92. The molecule has 0 atom stereocenters. The summed E-state index contributed by atoms with van der Waals surface area (Å²) in [5, 5.41) is 3.08. The molecule has 0 aliphatic carbocycles. The van der Waals surface area contributed by atoms with Gasteiger partial charge in [-0.05, 0) is 72.1 Å². The van der Waals surface area contributed by atoms with Crippen LogP contribution < -0.4 is 20.5 Å². The van der Waals surface area contributed by atoms with Crippen molar-refractivity contribution in [3.63, 3.8) is 0 Å². The second-order valence-corrected chi connectivity index (χ2v) is 6.62. The fourth-order valence-electron chi connectivity index (χ4n) is 2.35. The molecule has 0 fully saturated rings. The van der Waals surface area contributed by atoms with E-state index in [0.717, 1.165) is 33.6 Å². The topological polar surface area (TPSA) is 68.9 Å². The van der Waals surface area contributed by atoms with Crippen LogP contribution in [0.1, 0.15) is 19.4 Å². The first-order valence-corrected chi connectivity index (χ1v) is 8.94. The summed E-state index contributed by atoms with van der Waals surface area (Å²) in [6, 6.07) is 13.6. The molecule has 0 amide bonds. The van der Waals surface area contributed by atoms with E-state index in [1.807, 2.05) is 56.3 Å². The summed E-state index contributed by atoms with van der Waals surface area (Å²) in [5.74, 6) is 2.05. The molecule has 0 saturated heterocycles. The van der Waals surface area contributed by atoms with Gasteiger partial charge in [0, 0.05) is 12.2 Å². The molecule has 2 rings (SSSR count). The quantitative estimate of drug-likeness (QED) is 0.304. The predicted molar refractivity (Wildman–Crippen MR) is 122 cm³/mol. The predicted octanol–water partition coefficient (Wildman–Crippen LogP) is 4.83. The lowest BCUT2D eigenvalue weighted by Gasteiger charge is -2.11. The molecule has 7 heteroatoms. The molecule has 0 aliphatic rings. The van der Waals surface area contributed by atoms with Gasteiger partial charge in [-0.15, -0.1) is 24.0 Å². The van der Waals surface area contributed by atoms with E-state index >= 15 is 0 Å². The number of nitrogens with one attached hydrogen (secondary N) is 1. The molecule has 0 saturated carbocycles. The zero-order valence-corrected chi connectivity index (χ0v) is 19.1. The van der Waals surface area contributed by atoms with E-state index in [-0.39, 0.29) is 30.1 Å². The van der Waals surface area contributed by atoms with Gasteiger partial charge in [0.1, 0.15) is 11.5 Å². The maximum atomic E-state index is 5.96. The van der Waals surface area contributed by atoms with Gasteiger partial charge >= 0.3 is 0 Å². The Kier molecular flexibility index (Phi) is 9.79. The van der Waals surface area contributed by atoms with Crippen LogP contribution in [0.2, 0.25) is 0 Å². The molecule has 0 unspecified atom stereocenters. The average molecular weight is 534 g/mol. The van der Waals surface area contributed by atoms with Crippen LogP contribution in [-0.2, 0) is 6.42 Å². The highest BCUT2D eigenvalue weighted by atomic mass is 127. The second kappa shape index (κ2) is 11.3. The summed E-state index contributed by atoms with van der Waals surface area (Å²) in [7, 11) is 1.66. The van der Waals surface area contributed by atoms with E-state index in [1.165, 1.54) is 0 Å². The van der Waals surface area contributed by atoms with Gasteiger partial charge in [-0.3, -0.25) is 4.99 Å². The van der Waals surface area contributed by atoms with Crippen molar-refractivity contribution in [3.8, 4) is 11.5 Å². The molecule has 0 bridgehead atoms. The molecule has 0 aromatic heterocycles. The van der Waals surface area contributed by atoms with Gasteiger partial charge in [0.15, 0.2) is 5.96 Å². The summed E-state index contributed by atoms with van der Waals surface area (Å²) in [6.45, 7) is 4.56. The average Bonchev–Trinajstić information content (AvgIpc) is 2.56. The van der Waals surface area contributed by atoms with Crippen molar-refractivity contribution in [2.24, 2.45) is 10.7 Å². The molecule has 2 aromatic carbocycles. The Hall–Kier alpha value is -1.48. The summed E-state index contributed by atoms with van der Waals surface area (Å²) in [4.78, 5) is 4.37. The van der Waals surface area contributed by atoms with Gasteiger partial charge in [-0.25, -0.2) is 0 Å². The Morgan fingerprint density at radius 1 is 1.19 bits per heavy atom. The molecule has 0 radical (unpaired) electrons. The molecular formula is C19H25BrIN3O2. The third-order valence-electron chi connectivity index (χ3n) is 3.41. The minimum Gasteiger partial charge on any atom is -0.495 e. The number of hydrogen-bond donors (Lipinski definition) is 2. The largest absolute Gasteiger partial charge is 0.495 e. The van der Waals surface area contributed by atoms with Crippen LogP contribution in [0.25, 0.3) is 0 Å². The number of guanidine groups is 1. The van der Waals surface area contributed by atoms with Gasteiger partial charge < -0.3 is 20.5 Å². The van der Waals surface area contributed by atoms with Gasteiger partial charge in [-0.2, -0.15) is 0 Å². The molecule has 3 N–H and O–H groups in total. The third kappa shape index (κ3) is 7.03. The number of rotatable bonds is 7. The van der Waals surface area contributed by atoms with Crippen LogP contribution in [-0.4, -0.2) is 25.7 Å². The van der Waals surface area contributed by atoms with Crippen molar-refractivity contribution in [3.05, 3.63) is 52.5 Å². The van der Waals surface area contributed by atoms with E-state index in [1.54, 1.807) is 7.11 Å². The van der Waals surface area contributed by atoms with Crippen molar-refractivity contribution < 1.29 is 9.47 Å². The van der Waals surface area contributed by atoms with Crippen LogP contribution in [0.3, 0.4) is 0 Å². The molecular weight excluding hydrogens is 509 g/mol. The summed E-state index contributed by atoms with van der Waals surface area (Å²) in [5.41, 5.74) is 7.92. The highest BCUT2D eigenvalue weighted by Gasteiger charge is 2.06. The van der Waals surface area contributed by atoms with Gasteiger partial charge in [0.05, 0.1) is 17.7 Å².